The zero-order valence-electron chi connectivity index (χ0n) is 9.12. The van der Waals surface area contributed by atoms with Gasteiger partial charge in [0.2, 0.25) is 0 Å². The van der Waals surface area contributed by atoms with Crippen LogP contribution in [0, 0.1) is 0 Å². The summed E-state index contributed by atoms with van der Waals surface area (Å²) in [6.45, 7) is 0. The maximum atomic E-state index is 10.5. The Labute approximate surface area is 96.6 Å². The van der Waals surface area contributed by atoms with Gasteiger partial charge in [0, 0.05) is 30.3 Å². The van der Waals surface area contributed by atoms with Crippen molar-refractivity contribution in [1.29, 1.82) is 0 Å². The topological polar surface area (TPSA) is 60.9 Å². The van der Waals surface area contributed by atoms with Crippen molar-refractivity contribution >= 4 is 17.2 Å². The average molecular weight is 227 g/mol. The summed E-state index contributed by atoms with van der Waals surface area (Å²) >= 11 is 0. The Kier molecular flexibility index (Phi) is 2.04. The molecule has 17 heavy (non-hydrogen) atoms. The molecule has 0 atom stereocenters. The fourth-order valence-corrected chi connectivity index (χ4v) is 1.78. The zero-order valence-corrected chi connectivity index (χ0v) is 9.12. The molecular weight excluding hydrogens is 218 g/mol. The number of nitrogens with zero attached hydrogens (tertiary/aromatic N) is 3. The van der Waals surface area contributed by atoms with E-state index in [9.17, 15) is 4.79 Å². The quantitative estimate of drug-likeness (QED) is 0.628. The van der Waals surface area contributed by atoms with E-state index < -0.39 is 0 Å². The van der Waals surface area contributed by atoms with Crippen LogP contribution in [0.1, 0.15) is 10.5 Å². The van der Waals surface area contributed by atoms with Gasteiger partial charge in [0.05, 0.1) is 5.52 Å². The molecule has 0 spiro atoms. The van der Waals surface area contributed by atoms with Crippen molar-refractivity contribution in [3.05, 3.63) is 36.2 Å². The Bertz CT molecular complexity index is 697. The lowest BCUT2D eigenvalue weighted by Crippen LogP contribution is -1.84. The van der Waals surface area contributed by atoms with E-state index in [4.69, 9.17) is 4.52 Å². The molecule has 3 aromatic rings. The Morgan fingerprint density at radius 1 is 1.35 bits per heavy atom. The molecule has 0 aliphatic rings. The standard InChI is InChI=1S/C12H9N3O2/c1-15-6-9-4-8(2-3-11(9)13-15)12-5-10(7-16)14-17-12/h2-7H,1H3. The van der Waals surface area contributed by atoms with E-state index in [1.807, 2.05) is 31.4 Å². The van der Waals surface area contributed by atoms with Crippen molar-refractivity contribution in [3.8, 4) is 11.3 Å². The van der Waals surface area contributed by atoms with Gasteiger partial charge >= 0.3 is 0 Å². The Morgan fingerprint density at radius 3 is 3.00 bits per heavy atom. The lowest BCUT2D eigenvalue weighted by atomic mass is 10.1. The highest BCUT2D eigenvalue weighted by Gasteiger charge is 2.07. The van der Waals surface area contributed by atoms with Crippen LogP contribution in [0.2, 0.25) is 0 Å². The summed E-state index contributed by atoms with van der Waals surface area (Å²) in [4.78, 5) is 10.5. The van der Waals surface area contributed by atoms with Crippen LogP contribution < -0.4 is 0 Å². The monoisotopic (exact) mass is 227 g/mol. The molecule has 0 N–H and O–H groups in total. The van der Waals surface area contributed by atoms with E-state index >= 15 is 0 Å². The number of rotatable bonds is 2. The summed E-state index contributed by atoms with van der Waals surface area (Å²) < 4.78 is 6.84. The minimum absolute atomic E-state index is 0.297. The third-order valence-electron chi connectivity index (χ3n) is 2.55. The first-order chi connectivity index (χ1) is 8.26. The number of hydrogen-bond acceptors (Lipinski definition) is 4. The van der Waals surface area contributed by atoms with E-state index in [1.54, 1.807) is 10.7 Å². The van der Waals surface area contributed by atoms with Crippen LogP contribution in [0.15, 0.2) is 35.0 Å². The molecular formula is C12H9N3O2. The third-order valence-corrected chi connectivity index (χ3v) is 2.55. The van der Waals surface area contributed by atoms with E-state index in [-0.39, 0.29) is 0 Å². The summed E-state index contributed by atoms with van der Waals surface area (Å²) in [5.41, 5.74) is 2.10. The number of carbonyl (C=O) groups excluding carboxylic acids is 1. The second-order valence-corrected chi connectivity index (χ2v) is 3.81. The van der Waals surface area contributed by atoms with Gasteiger partial charge in [0.25, 0.3) is 0 Å². The number of carbonyl (C=O) groups is 1. The summed E-state index contributed by atoms with van der Waals surface area (Å²) in [5.74, 6) is 0.581. The largest absolute Gasteiger partial charge is 0.356 e. The van der Waals surface area contributed by atoms with Gasteiger partial charge in [-0.2, -0.15) is 5.10 Å². The molecule has 0 radical (unpaired) electrons. The summed E-state index contributed by atoms with van der Waals surface area (Å²) in [6, 6.07) is 7.38. The van der Waals surface area contributed by atoms with Crippen LogP contribution in [0.3, 0.4) is 0 Å². The summed E-state index contributed by atoms with van der Waals surface area (Å²) in [5, 5.41) is 8.94. The number of aryl methyl sites for hydroxylation is 1. The predicted molar refractivity (Wildman–Crippen MR) is 61.6 cm³/mol. The molecule has 0 amide bonds. The average Bonchev–Trinajstić information content (AvgIpc) is 2.92. The number of hydrogen-bond donors (Lipinski definition) is 0. The van der Waals surface area contributed by atoms with Gasteiger partial charge in [-0.05, 0) is 18.2 Å². The molecule has 0 aliphatic carbocycles. The number of aldehydes is 1. The van der Waals surface area contributed by atoms with Crippen molar-refractivity contribution in [1.82, 2.24) is 14.9 Å². The smallest absolute Gasteiger partial charge is 0.171 e. The molecule has 2 heterocycles. The van der Waals surface area contributed by atoms with Gasteiger partial charge in [0.1, 0.15) is 5.69 Å². The van der Waals surface area contributed by atoms with Gasteiger partial charge in [-0.1, -0.05) is 5.16 Å². The van der Waals surface area contributed by atoms with Crippen LogP contribution in [-0.4, -0.2) is 21.2 Å². The van der Waals surface area contributed by atoms with Crippen LogP contribution in [0.25, 0.3) is 22.2 Å². The second kappa shape index (κ2) is 3.55. The van der Waals surface area contributed by atoms with Crippen LogP contribution in [0.4, 0.5) is 0 Å². The SMILES string of the molecule is Cn1cc2cc(-c3cc(C=O)no3)ccc2n1. The fourth-order valence-electron chi connectivity index (χ4n) is 1.78. The van der Waals surface area contributed by atoms with Crippen LogP contribution in [0.5, 0.6) is 0 Å². The first kappa shape index (κ1) is 9.77. The van der Waals surface area contributed by atoms with Crippen molar-refractivity contribution in [2.24, 2.45) is 7.05 Å². The summed E-state index contributed by atoms with van der Waals surface area (Å²) in [7, 11) is 1.87. The fraction of sp³-hybridized carbons (Fsp3) is 0.0833. The van der Waals surface area contributed by atoms with Gasteiger partial charge in [0.15, 0.2) is 12.0 Å². The van der Waals surface area contributed by atoms with E-state index in [1.165, 1.54) is 0 Å². The van der Waals surface area contributed by atoms with Crippen LogP contribution in [-0.2, 0) is 7.05 Å². The molecule has 0 bridgehead atoms. The maximum absolute atomic E-state index is 10.5. The molecule has 2 aromatic heterocycles. The van der Waals surface area contributed by atoms with Gasteiger partial charge < -0.3 is 4.52 Å². The zero-order chi connectivity index (χ0) is 11.8. The van der Waals surface area contributed by atoms with Gasteiger partial charge in [-0.3, -0.25) is 9.48 Å². The number of fused-ring (bicyclic) bond motifs is 1. The molecule has 1 aromatic carbocycles. The lowest BCUT2D eigenvalue weighted by molar-refractivity contribution is 0.111. The molecule has 5 heteroatoms. The van der Waals surface area contributed by atoms with Crippen LogP contribution >= 0.6 is 0 Å². The molecule has 0 saturated heterocycles. The molecule has 0 fully saturated rings. The Balaban J connectivity index is 2.13. The lowest BCUT2D eigenvalue weighted by Gasteiger charge is -1.94. The second-order valence-electron chi connectivity index (χ2n) is 3.81. The Morgan fingerprint density at radius 2 is 2.24 bits per heavy atom. The Hall–Kier alpha value is -2.43. The third kappa shape index (κ3) is 1.61. The highest BCUT2D eigenvalue weighted by molar-refractivity contribution is 5.84. The maximum Gasteiger partial charge on any atom is 0.171 e. The molecule has 0 unspecified atom stereocenters. The number of aromatic nitrogens is 3. The molecule has 84 valence electrons. The minimum Gasteiger partial charge on any atom is -0.356 e. The first-order valence-electron chi connectivity index (χ1n) is 5.12. The van der Waals surface area contributed by atoms with Crippen molar-refractivity contribution in [3.63, 3.8) is 0 Å². The summed E-state index contributed by atoms with van der Waals surface area (Å²) in [6.07, 6.45) is 2.59. The van der Waals surface area contributed by atoms with E-state index in [2.05, 4.69) is 10.3 Å². The highest BCUT2D eigenvalue weighted by Crippen LogP contribution is 2.24. The van der Waals surface area contributed by atoms with Gasteiger partial charge in [-0.15, -0.1) is 0 Å². The van der Waals surface area contributed by atoms with E-state index in [0.29, 0.717) is 17.7 Å². The predicted octanol–water partition coefficient (Wildman–Crippen LogP) is 2.04. The normalized spacial score (nSPS) is 10.9. The first-order valence-corrected chi connectivity index (χ1v) is 5.12. The van der Waals surface area contributed by atoms with Gasteiger partial charge in [-0.25, -0.2) is 0 Å². The molecule has 5 nitrogen and oxygen atoms in total. The van der Waals surface area contributed by atoms with Crippen molar-refractivity contribution < 1.29 is 9.32 Å². The van der Waals surface area contributed by atoms with Crippen molar-refractivity contribution in [2.45, 2.75) is 0 Å². The highest BCUT2D eigenvalue weighted by atomic mass is 16.5. The molecule has 3 rings (SSSR count). The number of benzene rings is 1. The molecule has 0 aliphatic heterocycles. The minimum atomic E-state index is 0.297. The molecule has 0 saturated carbocycles. The van der Waals surface area contributed by atoms with E-state index in [0.717, 1.165) is 16.5 Å². The van der Waals surface area contributed by atoms with Crippen molar-refractivity contribution in [2.75, 3.05) is 0 Å².